The molecule has 6 nitrogen and oxygen atoms in total. The van der Waals surface area contributed by atoms with E-state index in [0.29, 0.717) is 12.1 Å². The third-order valence-corrected chi connectivity index (χ3v) is 6.10. The van der Waals surface area contributed by atoms with Crippen LogP contribution < -0.4 is 10.2 Å². The monoisotopic (exact) mass is 491 g/mol. The Morgan fingerprint density at radius 1 is 1.00 bits per heavy atom. The van der Waals surface area contributed by atoms with Crippen molar-refractivity contribution >= 4 is 45.5 Å². The Bertz CT molecular complexity index is 1270. The molecule has 1 fully saturated rings. The summed E-state index contributed by atoms with van der Waals surface area (Å²) in [7, 11) is 0. The van der Waals surface area contributed by atoms with E-state index < -0.39 is 17.8 Å². The van der Waals surface area contributed by atoms with Crippen LogP contribution >= 0.6 is 15.9 Å². The minimum atomic E-state index is -0.738. The van der Waals surface area contributed by atoms with Crippen molar-refractivity contribution < 1.29 is 14.4 Å². The molecule has 2 heterocycles. The lowest BCUT2D eigenvalue weighted by Gasteiger charge is -2.28. The number of aromatic nitrogens is 1. The number of nitrogens with zero attached hydrogens (tertiary/aromatic N) is 2. The first-order chi connectivity index (χ1) is 15.3. The fraction of sp³-hybridized carbons (Fsp3) is 0.160. The molecule has 0 unspecified atom stereocenters. The van der Waals surface area contributed by atoms with Crippen molar-refractivity contribution in [1.29, 1.82) is 0 Å². The zero-order valence-electron chi connectivity index (χ0n) is 18.0. The van der Waals surface area contributed by atoms with Crippen LogP contribution in [-0.4, -0.2) is 22.4 Å². The van der Waals surface area contributed by atoms with Gasteiger partial charge in [0.1, 0.15) is 5.57 Å². The van der Waals surface area contributed by atoms with Gasteiger partial charge in [0.15, 0.2) is 0 Å². The standard InChI is InChI=1S/C25H22BrN3O3/c1-4-17-7-5-6-8-22(17)29-24(31)21(23(30)27-25(29)32)14-18-13-15(2)28(16(18)3)20-11-9-19(26)10-12-20/h5-14H,4H2,1-3H3,(H,27,30,32)/b21-14+. The van der Waals surface area contributed by atoms with Crippen molar-refractivity contribution in [3.63, 3.8) is 0 Å². The second-order valence-electron chi connectivity index (χ2n) is 7.58. The lowest BCUT2D eigenvalue weighted by atomic mass is 10.0. The van der Waals surface area contributed by atoms with E-state index in [0.717, 1.165) is 37.6 Å². The van der Waals surface area contributed by atoms with Crippen LogP contribution in [0.2, 0.25) is 0 Å². The molecule has 0 atom stereocenters. The zero-order valence-corrected chi connectivity index (χ0v) is 19.6. The Kier molecular flexibility index (Phi) is 5.84. The van der Waals surface area contributed by atoms with Crippen LogP contribution in [0.25, 0.3) is 11.8 Å². The van der Waals surface area contributed by atoms with Crippen molar-refractivity contribution in [2.45, 2.75) is 27.2 Å². The largest absolute Gasteiger partial charge is 0.335 e. The number of barbiturate groups is 1. The molecule has 0 radical (unpaired) electrons. The lowest BCUT2D eigenvalue weighted by molar-refractivity contribution is -0.122. The topological polar surface area (TPSA) is 71.4 Å². The summed E-state index contributed by atoms with van der Waals surface area (Å²) in [5.74, 6) is -1.33. The van der Waals surface area contributed by atoms with E-state index in [2.05, 4.69) is 25.8 Å². The summed E-state index contributed by atoms with van der Waals surface area (Å²) >= 11 is 3.45. The van der Waals surface area contributed by atoms with Crippen LogP contribution in [0.3, 0.4) is 0 Å². The molecule has 7 heteroatoms. The van der Waals surface area contributed by atoms with Crippen molar-refractivity contribution in [3.8, 4) is 5.69 Å². The number of anilines is 1. The average molecular weight is 492 g/mol. The molecule has 0 spiro atoms. The second kappa shape index (κ2) is 8.59. The van der Waals surface area contributed by atoms with Crippen molar-refractivity contribution in [2.24, 2.45) is 0 Å². The van der Waals surface area contributed by atoms with Crippen LogP contribution in [-0.2, 0) is 16.0 Å². The van der Waals surface area contributed by atoms with E-state index in [1.165, 1.54) is 0 Å². The molecule has 2 aromatic carbocycles. The summed E-state index contributed by atoms with van der Waals surface area (Å²) in [5.41, 5.74) is 4.81. The number of imide groups is 2. The van der Waals surface area contributed by atoms with Crippen LogP contribution in [0.15, 0.2) is 64.6 Å². The Labute approximate surface area is 194 Å². The molecule has 1 N–H and O–H groups in total. The minimum Gasteiger partial charge on any atom is -0.318 e. The predicted molar refractivity (Wildman–Crippen MR) is 128 cm³/mol. The quantitative estimate of drug-likeness (QED) is 0.408. The summed E-state index contributed by atoms with van der Waals surface area (Å²) in [6.07, 6.45) is 2.21. The first-order valence-corrected chi connectivity index (χ1v) is 11.1. The molecule has 162 valence electrons. The van der Waals surface area contributed by atoms with E-state index in [9.17, 15) is 14.4 Å². The van der Waals surface area contributed by atoms with Crippen molar-refractivity contribution in [3.05, 3.63) is 87.2 Å². The van der Waals surface area contributed by atoms with Gasteiger partial charge in [-0.2, -0.15) is 0 Å². The number of rotatable bonds is 4. The first kappa shape index (κ1) is 21.8. The van der Waals surface area contributed by atoms with E-state index in [4.69, 9.17) is 0 Å². The number of urea groups is 1. The Morgan fingerprint density at radius 2 is 1.69 bits per heavy atom. The molecule has 1 aliphatic rings. The number of carbonyl (C=O) groups is 3. The van der Waals surface area contributed by atoms with Gasteiger partial charge in [0, 0.05) is 21.5 Å². The summed E-state index contributed by atoms with van der Waals surface area (Å²) in [5, 5.41) is 2.31. The van der Waals surface area contributed by atoms with Crippen LogP contribution in [0.5, 0.6) is 0 Å². The van der Waals surface area contributed by atoms with Gasteiger partial charge in [0.2, 0.25) is 0 Å². The molecule has 1 aliphatic heterocycles. The molecule has 4 rings (SSSR count). The van der Waals surface area contributed by atoms with Crippen LogP contribution in [0.1, 0.15) is 29.4 Å². The predicted octanol–water partition coefficient (Wildman–Crippen LogP) is 5.09. The summed E-state index contributed by atoms with van der Waals surface area (Å²) in [6, 6.07) is 16.3. The van der Waals surface area contributed by atoms with Gasteiger partial charge >= 0.3 is 6.03 Å². The molecular formula is C25H22BrN3O3. The summed E-state index contributed by atoms with van der Waals surface area (Å²) in [6.45, 7) is 5.85. The van der Waals surface area contributed by atoms with E-state index in [1.54, 1.807) is 18.2 Å². The first-order valence-electron chi connectivity index (χ1n) is 10.3. The average Bonchev–Trinajstić information content (AvgIpc) is 3.05. The second-order valence-corrected chi connectivity index (χ2v) is 8.49. The maximum atomic E-state index is 13.3. The highest BCUT2D eigenvalue weighted by Gasteiger charge is 2.37. The van der Waals surface area contributed by atoms with Crippen LogP contribution in [0.4, 0.5) is 10.5 Å². The highest BCUT2D eigenvalue weighted by Crippen LogP contribution is 2.28. The third-order valence-electron chi connectivity index (χ3n) is 5.57. The van der Waals surface area contributed by atoms with Gasteiger partial charge in [0.05, 0.1) is 5.69 Å². The molecule has 0 bridgehead atoms. The number of hydrogen-bond acceptors (Lipinski definition) is 3. The van der Waals surface area contributed by atoms with Gasteiger partial charge in [-0.15, -0.1) is 0 Å². The SMILES string of the molecule is CCc1ccccc1N1C(=O)NC(=O)/C(=C\c2cc(C)n(-c3ccc(Br)cc3)c2C)C1=O. The lowest BCUT2D eigenvalue weighted by Crippen LogP contribution is -2.54. The van der Waals surface area contributed by atoms with Crippen molar-refractivity contribution in [2.75, 3.05) is 4.90 Å². The van der Waals surface area contributed by atoms with E-state index in [1.807, 2.05) is 63.2 Å². The van der Waals surface area contributed by atoms with Gasteiger partial charge in [-0.25, -0.2) is 9.69 Å². The maximum Gasteiger partial charge on any atom is 0.335 e. The smallest absolute Gasteiger partial charge is 0.318 e. The van der Waals surface area contributed by atoms with Gasteiger partial charge in [-0.1, -0.05) is 41.1 Å². The highest BCUT2D eigenvalue weighted by atomic mass is 79.9. The Hall–Kier alpha value is -3.45. The van der Waals surface area contributed by atoms with E-state index >= 15 is 0 Å². The molecule has 1 saturated heterocycles. The number of para-hydroxylation sites is 1. The third kappa shape index (κ3) is 3.80. The number of carbonyl (C=O) groups excluding carboxylic acids is 3. The van der Waals surface area contributed by atoms with Gasteiger partial charge in [0.25, 0.3) is 11.8 Å². The molecule has 0 saturated carbocycles. The minimum absolute atomic E-state index is 0.0773. The van der Waals surface area contributed by atoms with Crippen LogP contribution in [0, 0.1) is 13.8 Å². The number of aryl methyl sites for hydroxylation is 2. The molecular weight excluding hydrogens is 470 g/mol. The fourth-order valence-corrected chi connectivity index (χ4v) is 4.25. The molecule has 4 amide bonds. The number of nitrogens with one attached hydrogen (secondary N) is 1. The van der Waals surface area contributed by atoms with E-state index in [-0.39, 0.29) is 5.57 Å². The number of hydrogen-bond donors (Lipinski definition) is 1. The maximum absolute atomic E-state index is 13.3. The van der Waals surface area contributed by atoms with Gasteiger partial charge in [-0.3, -0.25) is 14.9 Å². The van der Waals surface area contributed by atoms with Gasteiger partial charge < -0.3 is 4.57 Å². The molecule has 32 heavy (non-hydrogen) atoms. The molecule has 0 aliphatic carbocycles. The van der Waals surface area contributed by atoms with Crippen molar-refractivity contribution in [1.82, 2.24) is 9.88 Å². The Balaban J connectivity index is 1.77. The Morgan fingerprint density at radius 3 is 2.38 bits per heavy atom. The summed E-state index contributed by atoms with van der Waals surface area (Å²) < 4.78 is 3.03. The zero-order chi connectivity index (χ0) is 23.0. The highest BCUT2D eigenvalue weighted by molar-refractivity contribution is 9.10. The fourth-order valence-electron chi connectivity index (χ4n) is 3.98. The van der Waals surface area contributed by atoms with Gasteiger partial charge in [-0.05, 0) is 73.9 Å². The molecule has 1 aromatic heterocycles. The number of benzene rings is 2. The normalized spacial score (nSPS) is 15.4. The number of amides is 4. The summed E-state index contributed by atoms with van der Waals surface area (Å²) in [4.78, 5) is 39.5. The molecule has 3 aromatic rings. The number of halogens is 1.